The van der Waals surface area contributed by atoms with Crippen molar-refractivity contribution in [1.29, 1.82) is 0 Å². The SMILES string of the molecule is CN1CC23Cc4ccc(O)cc4[C@@](C)(C2)[C@@H](N(C)CC2CCNCC2)C13. The number of fused-ring (bicyclic) bond motifs is 3. The van der Waals surface area contributed by atoms with Gasteiger partial charge in [-0.1, -0.05) is 13.0 Å². The Labute approximate surface area is 157 Å². The van der Waals surface area contributed by atoms with Crippen LogP contribution in [-0.2, 0) is 11.8 Å². The smallest absolute Gasteiger partial charge is 0.115 e. The number of piperidine rings is 1. The molecule has 4 nitrogen and oxygen atoms in total. The molecular formula is C22H33N3O. The van der Waals surface area contributed by atoms with Crippen LogP contribution in [0.25, 0.3) is 0 Å². The van der Waals surface area contributed by atoms with Crippen LogP contribution in [0.15, 0.2) is 18.2 Å². The van der Waals surface area contributed by atoms with Gasteiger partial charge in [-0.15, -0.1) is 0 Å². The van der Waals surface area contributed by atoms with Crippen molar-refractivity contribution in [2.45, 2.75) is 50.1 Å². The van der Waals surface area contributed by atoms with Gasteiger partial charge >= 0.3 is 0 Å². The summed E-state index contributed by atoms with van der Waals surface area (Å²) < 4.78 is 0. The molecule has 4 heteroatoms. The van der Waals surface area contributed by atoms with Crippen LogP contribution in [0, 0.1) is 11.3 Å². The van der Waals surface area contributed by atoms with Gasteiger partial charge in [0.05, 0.1) is 0 Å². The second kappa shape index (κ2) is 5.70. The molecule has 1 spiro atoms. The Morgan fingerprint density at radius 3 is 2.81 bits per heavy atom. The van der Waals surface area contributed by atoms with E-state index >= 15 is 0 Å². The minimum Gasteiger partial charge on any atom is -0.508 e. The minimum atomic E-state index is 0.142. The van der Waals surface area contributed by atoms with Crippen molar-refractivity contribution in [2.24, 2.45) is 11.3 Å². The van der Waals surface area contributed by atoms with Gasteiger partial charge in [0, 0.05) is 36.0 Å². The monoisotopic (exact) mass is 355 g/mol. The highest BCUT2D eigenvalue weighted by Crippen LogP contribution is 2.64. The highest BCUT2D eigenvalue weighted by Gasteiger charge is 2.69. The summed E-state index contributed by atoms with van der Waals surface area (Å²) in [5.41, 5.74) is 3.48. The third-order valence-corrected chi connectivity index (χ3v) is 8.07. The number of phenols is 1. The third kappa shape index (κ3) is 2.25. The number of hydrogen-bond acceptors (Lipinski definition) is 4. The van der Waals surface area contributed by atoms with Crippen molar-refractivity contribution in [3.63, 3.8) is 0 Å². The van der Waals surface area contributed by atoms with Crippen LogP contribution in [0.5, 0.6) is 5.75 Å². The average Bonchev–Trinajstić information content (AvgIpc) is 2.78. The van der Waals surface area contributed by atoms with Crippen LogP contribution in [0.4, 0.5) is 0 Å². The number of aromatic hydroxyl groups is 1. The molecule has 2 unspecified atom stereocenters. The molecule has 0 amide bonds. The van der Waals surface area contributed by atoms with Gasteiger partial charge in [0.2, 0.25) is 0 Å². The van der Waals surface area contributed by atoms with E-state index in [-0.39, 0.29) is 5.41 Å². The maximum atomic E-state index is 10.2. The largest absolute Gasteiger partial charge is 0.508 e. The van der Waals surface area contributed by atoms with E-state index in [2.05, 4.69) is 48.3 Å². The fourth-order valence-corrected chi connectivity index (χ4v) is 7.38. The Bertz CT molecular complexity index is 715. The molecule has 4 aliphatic rings. The van der Waals surface area contributed by atoms with Crippen molar-refractivity contribution >= 4 is 0 Å². The van der Waals surface area contributed by atoms with Gasteiger partial charge in [-0.2, -0.15) is 0 Å². The van der Waals surface area contributed by atoms with Gasteiger partial charge in [-0.3, -0.25) is 0 Å². The Balaban J connectivity index is 1.51. The van der Waals surface area contributed by atoms with Gasteiger partial charge in [0.25, 0.3) is 0 Å². The highest BCUT2D eigenvalue weighted by molar-refractivity contribution is 5.49. The fourth-order valence-electron chi connectivity index (χ4n) is 7.38. The molecule has 1 aromatic rings. The number of nitrogens with zero attached hydrogens (tertiary/aromatic N) is 2. The lowest BCUT2D eigenvalue weighted by molar-refractivity contribution is -0.0601. The number of likely N-dealkylation sites (tertiary alicyclic amines) is 1. The van der Waals surface area contributed by atoms with Crippen molar-refractivity contribution < 1.29 is 5.11 Å². The fraction of sp³-hybridized carbons (Fsp3) is 0.727. The quantitative estimate of drug-likeness (QED) is 0.872. The van der Waals surface area contributed by atoms with Crippen LogP contribution in [-0.4, -0.2) is 67.3 Å². The van der Waals surface area contributed by atoms with Gasteiger partial charge < -0.3 is 20.2 Å². The summed E-state index contributed by atoms with van der Waals surface area (Å²) >= 11 is 0. The molecule has 4 atom stereocenters. The lowest BCUT2D eigenvalue weighted by Gasteiger charge is -2.55. The van der Waals surface area contributed by atoms with E-state index in [4.69, 9.17) is 0 Å². The minimum absolute atomic E-state index is 0.142. The lowest BCUT2D eigenvalue weighted by atomic mass is 9.63. The van der Waals surface area contributed by atoms with E-state index in [1.54, 1.807) is 0 Å². The Morgan fingerprint density at radius 1 is 1.31 bits per heavy atom. The molecule has 2 heterocycles. The first-order valence-corrected chi connectivity index (χ1v) is 10.4. The molecule has 2 N–H and O–H groups in total. The average molecular weight is 356 g/mol. The van der Waals surface area contributed by atoms with Gasteiger partial charge in [-0.25, -0.2) is 0 Å². The number of hydrogen-bond donors (Lipinski definition) is 2. The number of likely N-dealkylation sites (N-methyl/N-ethyl adjacent to an activating group) is 2. The molecule has 2 saturated heterocycles. The highest BCUT2D eigenvalue weighted by atomic mass is 16.3. The molecule has 0 aromatic heterocycles. The van der Waals surface area contributed by atoms with Crippen molar-refractivity contribution in [3.05, 3.63) is 29.3 Å². The summed E-state index contributed by atoms with van der Waals surface area (Å²) in [5.74, 6) is 1.24. The van der Waals surface area contributed by atoms with Crippen LogP contribution in [0.3, 0.4) is 0 Å². The zero-order chi connectivity index (χ0) is 18.1. The summed E-state index contributed by atoms with van der Waals surface area (Å²) in [6, 6.07) is 7.33. The molecule has 5 rings (SSSR count). The number of phenolic OH excluding ortho intramolecular Hbond substituents is 1. The van der Waals surface area contributed by atoms with Crippen LogP contribution in [0.1, 0.15) is 37.3 Å². The predicted molar refractivity (Wildman–Crippen MR) is 105 cm³/mol. The maximum Gasteiger partial charge on any atom is 0.115 e. The molecular weight excluding hydrogens is 322 g/mol. The van der Waals surface area contributed by atoms with Gasteiger partial charge in [-0.05, 0) is 82.0 Å². The topological polar surface area (TPSA) is 38.7 Å². The molecule has 3 fully saturated rings. The maximum absolute atomic E-state index is 10.2. The van der Waals surface area contributed by atoms with Crippen LogP contribution < -0.4 is 5.32 Å². The second-order valence-corrected chi connectivity index (χ2v) is 9.91. The molecule has 1 saturated carbocycles. The first kappa shape index (κ1) is 17.0. The van der Waals surface area contributed by atoms with E-state index in [0.717, 1.165) is 5.92 Å². The molecule has 0 radical (unpaired) electrons. The van der Waals surface area contributed by atoms with E-state index in [0.29, 0.717) is 23.2 Å². The first-order valence-electron chi connectivity index (χ1n) is 10.4. The van der Waals surface area contributed by atoms with Gasteiger partial charge in [0.1, 0.15) is 5.75 Å². The Kier molecular flexibility index (Phi) is 3.73. The molecule has 142 valence electrons. The van der Waals surface area contributed by atoms with Crippen molar-refractivity contribution in [2.75, 3.05) is 40.3 Å². The van der Waals surface area contributed by atoms with Crippen molar-refractivity contribution in [3.8, 4) is 5.75 Å². The zero-order valence-electron chi connectivity index (χ0n) is 16.5. The van der Waals surface area contributed by atoms with Gasteiger partial charge in [0.15, 0.2) is 0 Å². The molecule has 26 heavy (non-hydrogen) atoms. The molecule has 2 aliphatic carbocycles. The third-order valence-electron chi connectivity index (χ3n) is 8.07. The summed E-state index contributed by atoms with van der Waals surface area (Å²) in [5, 5.41) is 13.7. The standard InChI is InChI=1S/C22H33N3O/c1-21-13-22(11-16-4-5-17(26)10-18(16)21)14-25(3)20(22)19(21)24(2)12-15-6-8-23-9-7-15/h4-5,10,15,19-20,23,26H,6-9,11-14H2,1-3H3/t19-,20?,21+,22?/m0/s1. The first-order chi connectivity index (χ1) is 12.4. The van der Waals surface area contributed by atoms with E-state index in [9.17, 15) is 5.11 Å². The Morgan fingerprint density at radius 2 is 2.08 bits per heavy atom. The summed E-state index contributed by atoms with van der Waals surface area (Å²) in [4.78, 5) is 5.29. The van der Waals surface area contributed by atoms with Crippen LogP contribution in [0.2, 0.25) is 0 Å². The summed E-state index contributed by atoms with van der Waals surface area (Å²) in [6.45, 7) is 7.25. The Hall–Kier alpha value is -1.10. The van der Waals surface area contributed by atoms with E-state index in [1.165, 1.54) is 63.0 Å². The molecule has 2 aliphatic heterocycles. The number of rotatable bonds is 3. The lowest BCUT2D eigenvalue weighted by Crippen LogP contribution is -2.66. The molecule has 2 bridgehead atoms. The summed E-state index contributed by atoms with van der Waals surface area (Å²) in [7, 11) is 4.68. The second-order valence-electron chi connectivity index (χ2n) is 9.91. The number of nitrogens with one attached hydrogen (secondary N) is 1. The number of benzene rings is 1. The van der Waals surface area contributed by atoms with Crippen molar-refractivity contribution in [1.82, 2.24) is 15.1 Å². The van der Waals surface area contributed by atoms with E-state index in [1.807, 2.05) is 6.07 Å². The zero-order valence-corrected chi connectivity index (χ0v) is 16.5. The molecule has 1 aromatic carbocycles. The predicted octanol–water partition coefficient (Wildman–Crippen LogP) is 2.21. The normalized spacial score (nSPS) is 39.5. The summed E-state index contributed by atoms with van der Waals surface area (Å²) in [6.07, 6.45) is 5.06. The van der Waals surface area contributed by atoms with E-state index < -0.39 is 0 Å². The van der Waals surface area contributed by atoms with Crippen LogP contribution >= 0.6 is 0 Å².